The van der Waals surface area contributed by atoms with E-state index in [0.717, 1.165) is 11.3 Å². The third-order valence-electron chi connectivity index (χ3n) is 2.70. The zero-order chi connectivity index (χ0) is 13.9. The summed E-state index contributed by atoms with van der Waals surface area (Å²) in [5.74, 6) is -0.429. The number of ketones is 1. The summed E-state index contributed by atoms with van der Waals surface area (Å²) in [7, 11) is 3.03. The second kappa shape index (κ2) is 5.21. The maximum atomic E-state index is 11.8. The molecular formula is C14H19NO3. The van der Waals surface area contributed by atoms with Gasteiger partial charge in [0.15, 0.2) is 0 Å². The summed E-state index contributed by atoms with van der Waals surface area (Å²) < 4.78 is 5.28. The van der Waals surface area contributed by atoms with Gasteiger partial charge in [-0.05, 0) is 23.6 Å². The Morgan fingerprint density at radius 3 is 2.28 bits per heavy atom. The Kier molecular flexibility index (Phi) is 4.11. The molecule has 1 amide bonds. The van der Waals surface area contributed by atoms with Gasteiger partial charge in [-0.3, -0.25) is 9.59 Å². The molecule has 18 heavy (non-hydrogen) atoms. The lowest BCUT2D eigenvalue weighted by atomic mass is 9.85. The summed E-state index contributed by atoms with van der Waals surface area (Å²) in [6, 6.07) is 5.04. The Balaban J connectivity index is 3.27. The minimum absolute atomic E-state index is 0.162. The molecule has 0 unspecified atom stereocenters. The van der Waals surface area contributed by atoms with E-state index in [2.05, 4.69) is 5.32 Å². The van der Waals surface area contributed by atoms with Crippen LogP contribution in [0, 0.1) is 0 Å². The molecule has 0 fully saturated rings. The maximum Gasteiger partial charge on any atom is 0.292 e. The van der Waals surface area contributed by atoms with Crippen molar-refractivity contribution in [2.45, 2.75) is 26.2 Å². The number of hydrogen-bond donors (Lipinski definition) is 1. The van der Waals surface area contributed by atoms with Crippen molar-refractivity contribution >= 4 is 11.7 Å². The van der Waals surface area contributed by atoms with Gasteiger partial charge in [0, 0.05) is 18.2 Å². The fraction of sp³-hybridized carbons (Fsp3) is 0.429. The van der Waals surface area contributed by atoms with Crippen LogP contribution in [0.4, 0.5) is 0 Å². The molecule has 0 aromatic heterocycles. The fourth-order valence-corrected chi connectivity index (χ4v) is 1.68. The first-order valence-electron chi connectivity index (χ1n) is 5.76. The maximum absolute atomic E-state index is 11.8. The Morgan fingerprint density at radius 1 is 1.22 bits per heavy atom. The molecular weight excluding hydrogens is 230 g/mol. The molecule has 0 aliphatic rings. The second-order valence-corrected chi connectivity index (χ2v) is 5.07. The van der Waals surface area contributed by atoms with E-state index in [4.69, 9.17) is 4.74 Å². The highest BCUT2D eigenvalue weighted by molar-refractivity contribution is 6.42. The molecule has 0 aliphatic carbocycles. The first kappa shape index (κ1) is 14.2. The molecule has 0 aliphatic heterocycles. The predicted octanol–water partition coefficient (Wildman–Crippen LogP) is 1.92. The van der Waals surface area contributed by atoms with Crippen LogP contribution in [-0.2, 0) is 10.2 Å². The Morgan fingerprint density at radius 2 is 1.83 bits per heavy atom. The largest absolute Gasteiger partial charge is 0.496 e. The van der Waals surface area contributed by atoms with Crippen molar-refractivity contribution in [3.05, 3.63) is 29.3 Å². The van der Waals surface area contributed by atoms with Crippen molar-refractivity contribution in [3.63, 3.8) is 0 Å². The van der Waals surface area contributed by atoms with Crippen molar-refractivity contribution < 1.29 is 14.3 Å². The number of rotatable bonds is 3. The van der Waals surface area contributed by atoms with Crippen molar-refractivity contribution in [2.24, 2.45) is 0 Å². The van der Waals surface area contributed by atoms with E-state index in [1.54, 1.807) is 25.3 Å². The molecule has 0 saturated carbocycles. The number of carbonyl (C=O) groups excluding carboxylic acids is 2. The predicted molar refractivity (Wildman–Crippen MR) is 70.1 cm³/mol. The van der Waals surface area contributed by atoms with E-state index in [1.807, 2.05) is 20.8 Å². The van der Waals surface area contributed by atoms with Crippen molar-refractivity contribution in [2.75, 3.05) is 14.2 Å². The molecule has 1 aromatic rings. The Labute approximate surface area is 107 Å². The van der Waals surface area contributed by atoms with Gasteiger partial charge in [0.1, 0.15) is 5.75 Å². The molecule has 1 aromatic carbocycles. The zero-order valence-corrected chi connectivity index (χ0v) is 11.5. The molecule has 0 heterocycles. The van der Waals surface area contributed by atoms with Crippen molar-refractivity contribution in [3.8, 4) is 5.75 Å². The third-order valence-corrected chi connectivity index (χ3v) is 2.70. The number of hydrogen-bond acceptors (Lipinski definition) is 3. The number of carbonyl (C=O) groups is 2. The number of nitrogens with one attached hydrogen (secondary N) is 1. The summed E-state index contributed by atoms with van der Waals surface area (Å²) in [4.78, 5) is 23.1. The first-order chi connectivity index (χ1) is 8.31. The van der Waals surface area contributed by atoms with E-state index in [-0.39, 0.29) is 5.41 Å². The standard InChI is InChI=1S/C14H19NO3/c1-14(2,3)10-8-9(6-7-11(10)18-5)12(16)13(17)15-4/h6-8H,1-5H3,(H,15,17). The number of ether oxygens (including phenoxy) is 1. The Hall–Kier alpha value is -1.84. The topological polar surface area (TPSA) is 55.4 Å². The number of Topliss-reactive ketones (excluding diaryl/α,β-unsaturated/α-hetero) is 1. The van der Waals surface area contributed by atoms with Crippen LogP contribution in [0.1, 0.15) is 36.7 Å². The minimum atomic E-state index is -0.611. The lowest BCUT2D eigenvalue weighted by Gasteiger charge is -2.22. The van der Waals surface area contributed by atoms with Gasteiger partial charge in [-0.2, -0.15) is 0 Å². The van der Waals surface area contributed by atoms with Crippen molar-refractivity contribution in [1.29, 1.82) is 0 Å². The van der Waals surface area contributed by atoms with Crippen LogP contribution in [0.15, 0.2) is 18.2 Å². The van der Waals surface area contributed by atoms with E-state index in [9.17, 15) is 9.59 Å². The second-order valence-electron chi connectivity index (χ2n) is 5.07. The average molecular weight is 249 g/mol. The molecule has 1 N–H and O–H groups in total. The van der Waals surface area contributed by atoms with Gasteiger partial charge in [0.2, 0.25) is 5.78 Å². The summed E-state index contributed by atoms with van der Waals surface area (Å²) in [5.41, 5.74) is 1.12. The van der Waals surface area contributed by atoms with Gasteiger partial charge < -0.3 is 10.1 Å². The van der Waals surface area contributed by atoms with E-state index in [1.165, 1.54) is 7.05 Å². The molecule has 98 valence electrons. The van der Waals surface area contributed by atoms with E-state index < -0.39 is 11.7 Å². The molecule has 0 spiro atoms. The number of methoxy groups -OCH3 is 1. The van der Waals surface area contributed by atoms with Gasteiger partial charge in [0.25, 0.3) is 5.91 Å². The third kappa shape index (κ3) is 2.88. The van der Waals surface area contributed by atoms with Crippen LogP contribution in [0.25, 0.3) is 0 Å². The van der Waals surface area contributed by atoms with E-state index in [0.29, 0.717) is 5.56 Å². The highest BCUT2D eigenvalue weighted by Gasteiger charge is 2.22. The molecule has 0 atom stereocenters. The minimum Gasteiger partial charge on any atom is -0.496 e. The van der Waals surface area contributed by atoms with Crippen LogP contribution in [0.2, 0.25) is 0 Å². The average Bonchev–Trinajstić information content (AvgIpc) is 2.35. The summed E-state index contributed by atoms with van der Waals surface area (Å²) in [5, 5.41) is 2.33. The van der Waals surface area contributed by atoms with Gasteiger partial charge in [-0.15, -0.1) is 0 Å². The molecule has 0 radical (unpaired) electrons. The van der Waals surface area contributed by atoms with Gasteiger partial charge >= 0.3 is 0 Å². The smallest absolute Gasteiger partial charge is 0.292 e. The number of likely N-dealkylation sites (N-methyl/N-ethyl adjacent to an activating group) is 1. The van der Waals surface area contributed by atoms with Gasteiger partial charge in [0.05, 0.1) is 7.11 Å². The normalized spacial score (nSPS) is 10.9. The first-order valence-corrected chi connectivity index (χ1v) is 5.76. The number of amides is 1. The molecule has 4 heteroatoms. The summed E-state index contributed by atoms with van der Waals surface area (Å²) in [6.07, 6.45) is 0. The van der Waals surface area contributed by atoms with Gasteiger partial charge in [-0.1, -0.05) is 20.8 Å². The molecule has 0 bridgehead atoms. The lowest BCUT2D eigenvalue weighted by molar-refractivity contribution is -0.116. The van der Waals surface area contributed by atoms with Crippen LogP contribution in [0.5, 0.6) is 5.75 Å². The fourth-order valence-electron chi connectivity index (χ4n) is 1.68. The number of benzene rings is 1. The van der Waals surface area contributed by atoms with Crippen LogP contribution < -0.4 is 10.1 Å². The van der Waals surface area contributed by atoms with Crippen LogP contribution >= 0.6 is 0 Å². The molecule has 1 rings (SSSR count). The SMILES string of the molecule is CNC(=O)C(=O)c1ccc(OC)c(C(C)(C)C)c1. The lowest BCUT2D eigenvalue weighted by Crippen LogP contribution is -2.27. The summed E-state index contributed by atoms with van der Waals surface area (Å²) >= 11 is 0. The monoisotopic (exact) mass is 249 g/mol. The van der Waals surface area contributed by atoms with Gasteiger partial charge in [-0.25, -0.2) is 0 Å². The van der Waals surface area contributed by atoms with E-state index >= 15 is 0 Å². The quantitative estimate of drug-likeness (QED) is 0.657. The molecule has 4 nitrogen and oxygen atoms in total. The summed E-state index contributed by atoms with van der Waals surface area (Å²) in [6.45, 7) is 6.08. The van der Waals surface area contributed by atoms with Crippen LogP contribution in [-0.4, -0.2) is 25.8 Å². The Bertz CT molecular complexity index is 472. The van der Waals surface area contributed by atoms with Crippen LogP contribution in [0.3, 0.4) is 0 Å². The van der Waals surface area contributed by atoms with Crippen molar-refractivity contribution in [1.82, 2.24) is 5.32 Å². The zero-order valence-electron chi connectivity index (χ0n) is 11.5. The highest BCUT2D eigenvalue weighted by atomic mass is 16.5. The molecule has 0 saturated heterocycles. The highest BCUT2D eigenvalue weighted by Crippen LogP contribution is 2.32.